The van der Waals surface area contributed by atoms with Crippen LogP contribution in [0.1, 0.15) is 22.0 Å². The summed E-state index contributed by atoms with van der Waals surface area (Å²) in [6, 6.07) is 22.5. The van der Waals surface area contributed by atoms with Gasteiger partial charge in [-0.1, -0.05) is 54.6 Å². The van der Waals surface area contributed by atoms with Gasteiger partial charge in [0.1, 0.15) is 11.9 Å². The molecule has 27 heavy (non-hydrogen) atoms. The van der Waals surface area contributed by atoms with Crippen molar-refractivity contribution in [3.63, 3.8) is 0 Å². The molecule has 2 aliphatic rings. The van der Waals surface area contributed by atoms with Crippen LogP contribution in [0.2, 0.25) is 0 Å². The molecule has 0 aliphatic carbocycles. The third-order valence-corrected chi connectivity index (χ3v) is 5.87. The molecule has 0 radical (unpaired) electrons. The summed E-state index contributed by atoms with van der Waals surface area (Å²) in [6.07, 6.45) is -0.284. The number of aliphatic imine (C=N–C) groups is 2. The fourth-order valence-electron chi connectivity index (χ4n) is 3.56. The van der Waals surface area contributed by atoms with Crippen LogP contribution in [0.3, 0.4) is 0 Å². The fraction of sp³-hybridized carbons (Fsp3) is 0.182. The number of likely N-dealkylation sites (tertiary alicyclic amines) is 1. The van der Waals surface area contributed by atoms with Gasteiger partial charge in [-0.2, -0.15) is 0 Å². The molecular formula is C22H19N3OS. The van der Waals surface area contributed by atoms with Gasteiger partial charge in [-0.25, -0.2) is 4.99 Å². The Morgan fingerprint density at radius 1 is 0.926 bits per heavy atom. The fourth-order valence-corrected chi connectivity index (χ4v) is 4.32. The summed E-state index contributed by atoms with van der Waals surface area (Å²) in [6.45, 7) is 1.22. The first-order chi connectivity index (χ1) is 13.3. The van der Waals surface area contributed by atoms with Gasteiger partial charge in [0, 0.05) is 29.1 Å². The number of β-amino-alcohol motifs (C(OH)–C–C–N with tert-alkyl or cyclic N) is 1. The SMILES string of the molecule is OC1CN(C2=Nc3ccccc3C(c3ccccc3)=N[C@@H]2c2cccs2)C1. The lowest BCUT2D eigenvalue weighted by Crippen LogP contribution is -2.54. The van der Waals surface area contributed by atoms with Crippen molar-refractivity contribution in [1.82, 2.24) is 4.90 Å². The van der Waals surface area contributed by atoms with Gasteiger partial charge < -0.3 is 10.0 Å². The van der Waals surface area contributed by atoms with Crippen LogP contribution in [-0.4, -0.2) is 40.7 Å². The molecule has 0 spiro atoms. The predicted molar refractivity (Wildman–Crippen MR) is 110 cm³/mol. The quantitative estimate of drug-likeness (QED) is 0.737. The van der Waals surface area contributed by atoms with Gasteiger partial charge in [-0.3, -0.25) is 4.99 Å². The number of thiophene rings is 1. The number of aliphatic hydroxyl groups excluding tert-OH is 1. The third-order valence-electron chi connectivity index (χ3n) is 4.94. The van der Waals surface area contributed by atoms with Crippen molar-refractivity contribution in [2.24, 2.45) is 9.98 Å². The van der Waals surface area contributed by atoms with Crippen molar-refractivity contribution in [3.05, 3.63) is 88.1 Å². The summed E-state index contributed by atoms with van der Waals surface area (Å²) in [5, 5.41) is 11.9. The molecule has 0 amide bonds. The number of hydrogen-bond acceptors (Lipinski definition) is 5. The van der Waals surface area contributed by atoms with Crippen molar-refractivity contribution in [2.45, 2.75) is 12.1 Å². The molecule has 5 heteroatoms. The van der Waals surface area contributed by atoms with E-state index >= 15 is 0 Å². The first-order valence-electron chi connectivity index (χ1n) is 9.07. The number of rotatable bonds is 2. The van der Waals surface area contributed by atoms with Crippen LogP contribution in [0.15, 0.2) is 82.1 Å². The van der Waals surface area contributed by atoms with Crippen molar-refractivity contribution in [1.29, 1.82) is 0 Å². The number of fused-ring (bicyclic) bond motifs is 1. The Morgan fingerprint density at radius 2 is 1.70 bits per heavy atom. The average Bonchev–Trinajstić information content (AvgIpc) is 3.15. The van der Waals surface area contributed by atoms with Gasteiger partial charge in [-0.05, 0) is 17.5 Å². The average molecular weight is 373 g/mol. The molecule has 1 N–H and O–H groups in total. The largest absolute Gasteiger partial charge is 0.389 e. The van der Waals surface area contributed by atoms with Crippen LogP contribution in [0.5, 0.6) is 0 Å². The van der Waals surface area contributed by atoms with Crippen LogP contribution in [0.25, 0.3) is 0 Å². The van der Waals surface area contributed by atoms with Gasteiger partial charge in [0.05, 0.1) is 17.5 Å². The van der Waals surface area contributed by atoms with Gasteiger partial charge in [0.25, 0.3) is 0 Å². The van der Waals surface area contributed by atoms with E-state index in [4.69, 9.17) is 9.98 Å². The van der Waals surface area contributed by atoms with Crippen LogP contribution in [-0.2, 0) is 0 Å². The van der Waals surface area contributed by atoms with E-state index in [1.807, 2.05) is 36.4 Å². The number of aliphatic hydroxyl groups is 1. The Kier molecular flexibility index (Phi) is 4.11. The van der Waals surface area contributed by atoms with E-state index in [0.717, 1.165) is 33.2 Å². The summed E-state index contributed by atoms with van der Waals surface area (Å²) in [4.78, 5) is 13.5. The number of benzene rings is 2. The van der Waals surface area contributed by atoms with Gasteiger partial charge >= 0.3 is 0 Å². The maximum Gasteiger partial charge on any atom is 0.142 e. The Balaban J connectivity index is 1.72. The molecule has 1 atom stereocenters. The monoisotopic (exact) mass is 373 g/mol. The van der Waals surface area contributed by atoms with E-state index in [0.29, 0.717) is 13.1 Å². The van der Waals surface area contributed by atoms with Crippen LogP contribution in [0.4, 0.5) is 5.69 Å². The summed E-state index contributed by atoms with van der Waals surface area (Å²) in [5.41, 5.74) is 4.02. The van der Waals surface area contributed by atoms with E-state index < -0.39 is 0 Å². The highest BCUT2D eigenvalue weighted by Gasteiger charge is 2.35. The summed E-state index contributed by atoms with van der Waals surface area (Å²) < 4.78 is 0. The molecule has 2 aromatic carbocycles. The van der Waals surface area contributed by atoms with Crippen molar-refractivity contribution >= 4 is 28.6 Å². The first-order valence-corrected chi connectivity index (χ1v) is 9.95. The molecule has 0 unspecified atom stereocenters. The van der Waals surface area contributed by atoms with Crippen LogP contribution in [0, 0.1) is 0 Å². The van der Waals surface area contributed by atoms with E-state index in [9.17, 15) is 5.11 Å². The molecule has 5 rings (SSSR count). The van der Waals surface area contributed by atoms with Crippen molar-refractivity contribution in [2.75, 3.05) is 13.1 Å². The minimum atomic E-state index is -0.284. The number of hydrogen-bond donors (Lipinski definition) is 1. The normalized spacial score (nSPS) is 19.6. The maximum absolute atomic E-state index is 9.83. The molecule has 0 bridgehead atoms. The smallest absolute Gasteiger partial charge is 0.142 e. The molecule has 0 saturated carbocycles. The summed E-state index contributed by atoms with van der Waals surface area (Å²) in [7, 11) is 0. The first kappa shape index (κ1) is 16.4. The van der Waals surface area contributed by atoms with Crippen molar-refractivity contribution in [3.8, 4) is 0 Å². The second-order valence-electron chi connectivity index (χ2n) is 6.81. The zero-order valence-electron chi connectivity index (χ0n) is 14.7. The third kappa shape index (κ3) is 2.99. The topological polar surface area (TPSA) is 48.2 Å². The molecule has 1 aromatic heterocycles. The van der Waals surface area contributed by atoms with E-state index in [2.05, 4.69) is 40.6 Å². The highest BCUT2D eigenvalue weighted by Crippen LogP contribution is 2.35. The summed E-state index contributed by atoms with van der Waals surface area (Å²) in [5.74, 6) is 0.918. The maximum atomic E-state index is 9.83. The summed E-state index contributed by atoms with van der Waals surface area (Å²) >= 11 is 1.69. The highest BCUT2D eigenvalue weighted by atomic mass is 32.1. The molecule has 134 valence electrons. The lowest BCUT2D eigenvalue weighted by atomic mass is 10.0. The second kappa shape index (κ2) is 6.76. The molecule has 2 aliphatic heterocycles. The Bertz CT molecular complexity index is 1010. The van der Waals surface area contributed by atoms with Gasteiger partial charge in [-0.15, -0.1) is 11.3 Å². The highest BCUT2D eigenvalue weighted by molar-refractivity contribution is 7.10. The molecule has 3 heterocycles. The van der Waals surface area contributed by atoms with Crippen LogP contribution >= 0.6 is 11.3 Å². The Hall–Kier alpha value is -2.76. The predicted octanol–water partition coefficient (Wildman–Crippen LogP) is 4.05. The molecule has 4 nitrogen and oxygen atoms in total. The minimum Gasteiger partial charge on any atom is -0.389 e. The van der Waals surface area contributed by atoms with E-state index in [1.54, 1.807) is 11.3 Å². The van der Waals surface area contributed by atoms with E-state index in [-0.39, 0.29) is 12.1 Å². The molecular weight excluding hydrogens is 354 g/mol. The Morgan fingerprint density at radius 3 is 2.44 bits per heavy atom. The van der Waals surface area contributed by atoms with E-state index in [1.165, 1.54) is 0 Å². The number of amidine groups is 1. The molecule has 1 saturated heterocycles. The second-order valence-corrected chi connectivity index (χ2v) is 7.79. The standard InChI is InChI=1S/C22H19N3OS/c26-16-13-25(14-16)22-21(19-11-6-12-27-19)24-20(15-7-2-1-3-8-15)17-9-4-5-10-18(17)23-22/h1-12,16,21,26H,13-14H2/t21-/m1/s1. The van der Waals surface area contributed by atoms with Crippen LogP contribution < -0.4 is 0 Å². The lowest BCUT2D eigenvalue weighted by Gasteiger charge is -2.39. The zero-order chi connectivity index (χ0) is 18.2. The van der Waals surface area contributed by atoms with Crippen molar-refractivity contribution < 1.29 is 5.11 Å². The molecule has 3 aromatic rings. The number of para-hydroxylation sites is 1. The minimum absolute atomic E-state index is 0.167. The lowest BCUT2D eigenvalue weighted by molar-refractivity contribution is 0.0448. The van der Waals surface area contributed by atoms with Gasteiger partial charge in [0.2, 0.25) is 0 Å². The zero-order valence-corrected chi connectivity index (χ0v) is 15.5. The van der Waals surface area contributed by atoms with Gasteiger partial charge in [0.15, 0.2) is 0 Å². The Labute approximate surface area is 162 Å². The number of nitrogens with zero attached hydrogens (tertiary/aromatic N) is 3. The molecule has 1 fully saturated rings.